The molecule has 0 unspecified atom stereocenters. The fourth-order valence-electron chi connectivity index (χ4n) is 2.24. The van der Waals surface area contributed by atoms with Crippen LogP contribution in [0.3, 0.4) is 0 Å². The molecule has 0 saturated carbocycles. The number of hydrogen-bond donors (Lipinski definition) is 2. The van der Waals surface area contributed by atoms with Crippen LogP contribution in [-0.4, -0.2) is 36.1 Å². The third-order valence-corrected chi connectivity index (χ3v) is 5.06. The van der Waals surface area contributed by atoms with Gasteiger partial charge in [-0.15, -0.1) is 0 Å². The van der Waals surface area contributed by atoms with Gasteiger partial charge in [0.05, 0.1) is 11.1 Å². The Kier molecular flexibility index (Phi) is 4.70. The average Bonchev–Trinajstić information content (AvgIpc) is 3.00. The Morgan fingerprint density at radius 1 is 1.17 bits per heavy atom. The summed E-state index contributed by atoms with van der Waals surface area (Å²) in [4.78, 5) is 4.53. The van der Waals surface area contributed by atoms with Crippen LogP contribution >= 0.6 is 11.6 Å². The van der Waals surface area contributed by atoms with Crippen molar-refractivity contribution in [3.63, 3.8) is 0 Å². The van der Waals surface area contributed by atoms with Crippen LogP contribution in [0.1, 0.15) is 5.69 Å². The van der Waals surface area contributed by atoms with Gasteiger partial charge in [-0.25, -0.2) is 18.1 Å². The maximum atomic E-state index is 12.2. The molecule has 2 heterocycles. The number of nitrogens with one attached hydrogen (secondary N) is 2. The number of fused-ring (bicyclic) bond motifs is 1. The first-order valence-corrected chi connectivity index (χ1v) is 9.12. The van der Waals surface area contributed by atoms with Crippen molar-refractivity contribution in [1.82, 2.24) is 19.3 Å². The molecular weight excluding hydrogens is 350 g/mol. The molecule has 0 spiro atoms. The Labute approximate surface area is 144 Å². The molecule has 0 fully saturated rings. The summed E-state index contributed by atoms with van der Waals surface area (Å²) in [6.45, 7) is 2.53. The molecule has 9 heteroatoms. The number of nitrogens with zero attached hydrogens (tertiary/aromatic N) is 3. The van der Waals surface area contributed by atoms with Crippen molar-refractivity contribution in [2.75, 3.05) is 18.4 Å². The monoisotopic (exact) mass is 365 g/mol. The molecule has 0 bridgehead atoms. The fourth-order valence-corrected chi connectivity index (χ4v) is 3.40. The van der Waals surface area contributed by atoms with Crippen molar-refractivity contribution in [3.05, 3.63) is 53.3 Å². The van der Waals surface area contributed by atoms with Crippen molar-refractivity contribution >= 4 is 33.1 Å². The van der Waals surface area contributed by atoms with Crippen molar-refractivity contribution in [1.29, 1.82) is 0 Å². The molecule has 0 aliphatic carbocycles. The molecule has 7 nitrogen and oxygen atoms in total. The predicted molar refractivity (Wildman–Crippen MR) is 92.9 cm³/mol. The highest BCUT2D eigenvalue weighted by Gasteiger charge is 2.13. The van der Waals surface area contributed by atoms with E-state index in [0.29, 0.717) is 11.6 Å². The molecule has 1 aromatic carbocycles. The van der Waals surface area contributed by atoms with E-state index >= 15 is 0 Å². The first-order valence-electron chi connectivity index (χ1n) is 7.26. The Hall–Kier alpha value is -2.16. The smallest absolute Gasteiger partial charge is 0.240 e. The van der Waals surface area contributed by atoms with E-state index < -0.39 is 10.0 Å². The van der Waals surface area contributed by atoms with Crippen molar-refractivity contribution in [3.8, 4) is 0 Å². The summed E-state index contributed by atoms with van der Waals surface area (Å²) in [6.07, 6.45) is 1.66. The SMILES string of the molecule is Cc1cc(NCCNS(=O)(=O)c2ccc(Cl)cc2)n2nccc2n1. The van der Waals surface area contributed by atoms with Crippen molar-refractivity contribution in [2.24, 2.45) is 0 Å². The quantitative estimate of drug-likeness (QED) is 0.653. The highest BCUT2D eigenvalue weighted by molar-refractivity contribution is 7.89. The number of aryl methyl sites for hydroxylation is 1. The molecule has 2 N–H and O–H groups in total. The zero-order valence-electron chi connectivity index (χ0n) is 12.9. The molecule has 0 amide bonds. The van der Waals surface area contributed by atoms with Gasteiger partial charge in [-0.05, 0) is 31.2 Å². The van der Waals surface area contributed by atoms with Crippen LogP contribution in [0.2, 0.25) is 5.02 Å². The van der Waals surface area contributed by atoms with Crippen LogP contribution in [-0.2, 0) is 10.0 Å². The maximum absolute atomic E-state index is 12.2. The fraction of sp³-hybridized carbons (Fsp3) is 0.200. The third-order valence-electron chi connectivity index (χ3n) is 3.33. The van der Waals surface area contributed by atoms with Gasteiger partial charge in [0.25, 0.3) is 0 Å². The van der Waals surface area contributed by atoms with Gasteiger partial charge < -0.3 is 5.32 Å². The van der Waals surface area contributed by atoms with E-state index in [-0.39, 0.29) is 11.4 Å². The number of sulfonamides is 1. The Morgan fingerprint density at radius 2 is 1.92 bits per heavy atom. The summed E-state index contributed by atoms with van der Waals surface area (Å²) in [5.41, 5.74) is 1.59. The van der Waals surface area contributed by atoms with Crippen molar-refractivity contribution < 1.29 is 8.42 Å². The van der Waals surface area contributed by atoms with E-state index in [2.05, 4.69) is 20.1 Å². The number of benzene rings is 1. The summed E-state index contributed by atoms with van der Waals surface area (Å²) < 4.78 is 28.6. The summed E-state index contributed by atoms with van der Waals surface area (Å²) in [6, 6.07) is 9.69. The summed E-state index contributed by atoms with van der Waals surface area (Å²) in [5, 5.41) is 7.84. The zero-order valence-corrected chi connectivity index (χ0v) is 14.5. The first-order chi connectivity index (χ1) is 11.5. The Balaban J connectivity index is 1.62. The van der Waals surface area contributed by atoms with Gasteiger partial charge in [-0.1, -0.05) is 11.6 Å². The number of anilines is 1. The summed E-state index contributed by atoms with van der Waals surface area (Å²) in [7, 11) is -3.55. The lowest BCUT2D eigenvalue weighted by Crippen LogP contribution is -2.29. The normalized spacial score (nSPS) is 11.8. The van der Waals surface area contributed by atoms with Gasteiger partial charge in [0, 0.05) is 35.9 Å². The number of hydrogen-bond acceptors (Lipinski definition) is 5. The predicted octanol–water partition coefficient (Wildman–Crippen LogP) is 2.08. The largest absolute Gasteiger partial charge is 0.369 e. The lowest BCUT2D eigenvalue weighted by atomic mass is 10.4. The Morgan fingerprint density at radius 3 is 2.67 bits per heavy atom. The molecule has 2 aromatic heterocycles. The standard InChI is InChI=1S/C15H16ClN5O2S/c1-11-10-15(21-14(20-11)6-7-18-21)17-8-9-19-24(22,23)13-4-2-12(16)3-5-13/h2-7,10,17,19H,8-9H2,1H3. The van der Waals surface area contributed by atoms with Crippen LogP contribution in [0.25, 0.3) is 5.65 Å². The van der Waals surface area contributed by atoms with Crippen LogP contribution in [0, 0.1) is 6.92 Å². The van der Waals surface area contributed by atoms with Gasteiger partial charge in [0.2, 0.25) is 10.0 Å². The van der Waals surface area contributed by atoms with Crippen LogP contribution in [0.4, 0.5) is 5.82 Å². The molecule has 0 aliphatic rings. The second kappa shape index (κ2) is 6.76. The van der Waals surface area contributed by atoms with Gasteiger partial charge in [0.1, 0.15) is 5.82 Å². The maximum Gasteiger partial charge on any atom is 0.240 e. The van der Waals surface area contributed by atoms with Gasteiger partial charge in [-0.2, -0.15) is 9.61 Å². The third kappa shape index (κ3) is 3.66. The highest BCUT2D eigenvalue weighted by atomic mass is 35.5. The van der Waals surface area contributed by atoms with Gasteiger partial charge in [-0.3, -0.25) is 0 Å². The second-order valence-corrected chi connectivity index (χ2v) is 7.37. The van der Waals surface area contributed by atoms with E-state index in [9.17, 15) is 8.42 Å². The Bertz CT molecular complexity index is 954. The molecule has 24 heavy (non-hydrogen) atoms. The molecule has 3 rings (SSSR count). The molecule has 0 aliphatic heterocycles. The lowest BCUT2D eigenvalue weighted by molar-refractivity contribution is 0.583. The van der Waals surface area contributed by atoms with E-state index in [0.717, 1.165) is 17.2 Å². The van der Waals surface area contributed by atoms with E-state index in [4.69, 9.17) is 11.6 Å². The average molecular weight is 366 g/mol. The van der Waals surface area contributed by atoms with E-state index in [1.54, 1.807) is 28.9 Å². The zero-order chi connectivity index (χ0) is 17.2. The molecule has 0 saturated heterocycles. The summed E-state index contributed by atoms with van der Waals surface area (Å²) >= 11 is 5.77. The minimum absolute atomic E-state index is 0.182. The number of aromatic nitrogens is 3. The van der Waals surface area contributed by atoms with Crippen LogP contribution in [0.5, 0.6) is 0 Å². The minimum Gasteiger partial charge on any atom is -0.369 e. The van der Waals surface area contributed by atoms with E-state index in [1.807, 2.05) is 13.0 Å². The van der Waals surface area contributed by atoms with Crippen LogP contribution < -0.4 is 10.0 Å². The lowest BCUT2D eigenvalue weighted by Gasteiger charge is -2.10. The molecule has 0 radical (unpaired) electrons. The molecule has 126 valence electrons. The molecule has 3 aromatic rings. The number of halogens is 1. The first kappa shape index (κ1) is 16.7. The topological polar surface area (TPSA) is 88.4 Å². The minimum atomic E-state index is -3.55. The highest BCUT2D eigenvalue weighted by Crippen LogP contribution is 2.14. The molecular formula is C15H16ClN5O2S. The van der Waals surface area contributed by atoms with Gasteiger partial charge >= 0.3 is 0 Å². The van der Waals surface area contributed by atoms with Crippen LogP contribution in [0.15, 0.2) is 47.5 Å². The second-order valence-electron chi connectivity index (χ2n) is 5.16. The van der Waals surface area contributed by atoms with E-state index in [1.165, 1.54) is 12.1 Å². The van der Waals surface area contributed by atoms with Gasteiger partial charge in [0.15, 0.2) is 5.65 Å². The van der Waals surface area contributed by atoms with Crippen molar-refractivity contribution in [2.45, 2.75) is 11.8 Å². The summed E-state index contributed by atoms with van der Waals surface area (Å²) in [5.74, 6) is 0.758. The number of rotatable bonds is 6. The molecule has 0 atom stereocenters.